The summed E-state index contributed by atoms with van der Waals surface area (Å²) in [6.07, 6.45) is 2.27. The molecule has 2 atom stereocenters. The third-order valence-corrected chi connectivity index (χ3v) is 5.57. The van der Waals surface area contributed by atoms with Gasteiger partial charge in [0.2, 0.25) is 0 Å². The van der Waals surface area contributed by atoms with Gasteiger partial charge in [-0.15, -0.1) is 0 Å². The van der Waals surface area contributed by atoms with E-state index in [0.29, 0.717) is 18.4 Å². The van der Waals surface area contributed by atoms with Gasteiger partial charge >= 0.3 is 5.97 Å². The first-order valence-electron chi connectivity index (χ1n) is 7.45. The number of hydrogen-bond acceptors (Lipinski definition) is 4. The highest BCUT2D eigenvalue weighted by Crippen LogP contribution is 2.25. The third-order valence-electron chi connectivity index (χ3n) is 4.33. The third kappa shape index (κ3) is 3.72. The Morgan fingerprint density at radius 2 is 1.91 bits per heavy atom. The molecule has 2 rings (SSSR count). The maximum Gasteiger partial charge on any atom is 0.308 e. The molecule has 0 radical (unpaired) electrons. The van der Waals surface area contributed by atoms with Crippen LogP contribution in [0.4, 0.5) is 0 Å². The van der Waals surface area contributed by atoms with E-state index in [0.717, 1.165) is 6.26 Å². The fourth-order valence-electron chi connectivity index (χ4n) is 2.89. The highest BCUT2D eigenvalue weighted by molar-refractivity contribution is 7.90. The number of carboxylic acids is 1. The lowest BCUT2D eigenvalue weighted by Gasteiger charge is -2.36. The Kier molecular flexibility index (Phi) is 4.79. The smallest absolute Gasteiger partial charge is 0.308 e. The van der Waals surface area contributed by atoms with E-state index < -0.39 is 21.7 Å². The molecule has 1 aromatic rings. The maximum atomic E-state index is 12.7. The summed E-state index contributed by atoms with van der Waals surface area (Å²) in [5.74, 6) is -1.81. The normalized spacial score (nSPS) is 22.0. The number of nitrogens with zero attached hydrogens (tertiary/aromatic N) is 1. The van der Waals surface area contributed by atoms with Crippen molar-refractivity contribution in [3.8, 4) is 0 Å². The van der Waals surface area contributed by atoms with Gasteiger partial charge in [0.05, 0.1) is 10.8 Å². The summed E-state index contributed by atoms with van der Waals surface area (Å²) in [6.45, 7) is 3.70. The van der Waals surface area contributed by atoms with E-state index in [1.807, 2.05) is 6.92 Å². The van der Waals surface area contributed by atoms with Gasteiger partial charge in [-0.05, 0) is 44.4 Å². The summed E-state index contributed by atoms with van der Waals surface area (Å²) in [6, 6.07) is 4.50. The van der Waals surface area contributed by atoms with Crippen LogP contribution in [0.2, 0.25) is 0 Å². The molecule has 1 fully saturated rings. The van der Waals surface area contributed by atoms with Gasteiger partial charge in [0.1, 0.15) is 0 Å². The molecule has 7 heteroatoms. The minimum absolute atomic E-state index is 0.0684. The van der Waals surface area contributed by atoms with Crippen molar-refractivity contribution in [1.82, 2.24) is 4.90 Å². The lowest BCUT2D eigenvalue weighted by atomic mass is 9.93. The molecule has 2 unspecified atom stereocenters. The summed E-state index contributed by atoms with van der Waals surface area (Å²) in [5.41, 5.74) is 0.855. The molecule has 0 saturated carbocycles. The zero-order valence-corrected chi connectivity index (χ0v) is 14.3. The van der Waals surface area contributed by atoms with Crippen molar-refractivity contribution in [2.24, 2.45) is 5.92 Å². The summed E-state index contributed by atoms with van der Waals surface area (Å²) in [5, 5.41) is 9.16. The lowest BCUT2D eigenvalue weighted by molar-refractivity contribution is -0.143. The average molecular weight is 339 g/mol. The molecule has 1 aromatic carbocycles. The largest absolute Gasteiger partial charge is 0.481 e. The first kappa shape index (κ1) is 17.5. The number of carbonyl (C=O) groups excluding carboxylic acids is 1. The number of carboxylic acid groups (broad SMARTS) is 1. The molecule has 1 aliphatic heterocycles. The Morgan fingerprint density at radius 3 is 2.48 bits per heavy atom. The number of piperidine rings is 1. The number of sulfone groups is 1. The molecule has 1 amide bonds. The van der Waals surface area contributed by atoms with Crippen molar-refractivity contribution < 1.29 is 23.1 Å². The Balaban J connectivity index is 2.34. The number of aliphatic carboxylic acids is 1. The molecule has 0 spiro atoms. The van der Waals surface area contributed by atoms with Gasteiger partial charge in [0, 0.05) is 24.4 Å². The summed E-state index contributed by atoms with van der Waals surface area (Å²) in [7, 11) is -3.42. The number of benzene rings is 1. The highest BCUT2D eigenvalue weighted by Gasteiger charge is 2.33. The fraction of sp³-hybridized carbons (Fsp3) is 0.500. The Morgan fingerprint density at radius 1 is 1.26 bits per heavy atom. The number of hydrogen-bond donors (Lipinski definition) is 1. The minimum atomic E-state index is -3.42. The molecule has 0 aliphatic carbocycles. The van der Waals surface area contributed by atoms with Crippen LogP contribution < -0.4 is 0 Å². The van der Waals surface area contributed by atoms with Crippen molar-refractivity contribution >= 4 is 21.7 Å². The topological polar surface area (TPSA) is 91.8 Å². The number of aryl methyl sites for hydroxylation is 1. The van der Waals surface area contributed by atoms with Crippen molar-refractivity contribution in [3.63, 3.8) is 0 Å². The van der Waals surface area contributed by atoms with Crippen LogP contribution in [0.3, 0.4) is 0 Å². The molecule has 1 heterocycles. The molecule has 0 bridgehead atoms. The average Bonchev–Trinajstić information content (AvgIpc) is 2.46. The van der Waals surface area contributed by atoms with Crippen LogP contribution in [0, 0.1) is 12.8 Å². The van der Waals surface area contributed by atoms with Gasteiger partial charge in [-0.2, -0.15) is 0 Å². The standard InChI is InChI=1S/C16H21NO5S/c1-10-4-6-12(8-14(10)23(3,21)22)15(18)17-9-13(16(19)20)7-5-11(17)2/h4,6,8,11,13H,5,7,9H2,1-3H3,(H,19,20). The van der Waals surface area contributed by atoms with E-state index in [2.05, 4.69) is 0 Å². The van der Waals surface area contributed by atoms with E-state index in [1.165, 1.54) is 11.0 Å². The summed E-state index contributed by atoms with van der Waals surface area (Å²) >= 11 is 0. The first-order chi connectivity index (χ1) is 10.6. The molecule has 126 valence electrons. The number of rotatable bonds is 3. The zero-order valence-electron chi connectivity index (χ0n) is 13.4. The second kappa shape index (κ2) is 6.31. The Bertz CT molecular complexity index is 741. The Hall–Kier alpha value is -1.89. The van der Waals surface area contributed by atoms with Gasteiger partial charge < -0.3 is 10.0 Å². The van der Waals surface area contributed by atoms with E-state index in [1.54, 1.807) is 19.1 Å². The van der Waals surface area contributed by atoms with Crippen LogP contribution in [-0.2, 0) is 14.6 Å². The highest BCUT2D eigenvalue weighted by atomic mass is 32.2. The summed E-state index contributed by atoms with van der Waals surface area (Å²) < 4.78 is 23.6. The quantitative estimate of drug-likeness (QED) is 0.905. The Labute approximate surface area is 136 Å². The molecule has 6 nitrogen and oxygen atoms in total. The molecule has 1 aliphatic rings. The van der Waals surface area contributed by atoms with Crippen LogP contribution >= 0.6 is 0 Å². The van der Waals surface area contributed by atoms with E-state index >= 15 is 0 Å². The van der Waals surface area contributed by atoms with E-state index in [4.69, 9.17) is 5.11 Å². The monoisotopic (exact) mass is 339 g/mol. The van der Waals surface area contributed by atoms with Crippen LogP contribution in [0.5, 0.6) is 0 Å². The molecule has 23 heavy (non-hydrogen) atoms. The van der Waals surface area contributed by atoms with Crippen molar-refractivity contribution in [2.75, 3.05) is 12.8 Å². The fourth-order valence-corrected chi connectivity index (χ4v) is 3.88. The van der Waals surface area contributed by atoms with Crippen molar-refractivity contribution in [2.45, 2.75) is 37.6 Å². The predicted octanol–water partition coefficient (Wildman–Crippen LogP) is 1.72. The van der Waals surface area contributed by atoms with Gasteiger partial charge in [-0.3, -0.25) is 9.59 Å². The van der Waals surface area contributed by atoms with E-state index in [-0.39, 0.29) is 29.0 Å². The number of likely N-dealkylation sites (tertiary alicyclic amines) is 1. The first-order valence-corrected chi connectivity index (χ1v) is 9.35. The minimum Gasteiger partial charge on any atom is -0.481 e. The number of amides is 1. The van der Waals surface area contributed by atoms with Gasteiger partial charge in [0.25, 0.3) is 5.91 Å². The molecule has 1 saturated heterocycles. The summed E-state index contributed by atoms with van der Waals surface area (Å²) in [4.78, 5) is 25.5. The van der Waals surface area contributed by atoms with Crippen molar-refractivity contribution in [1.29, 1.82) is 0 Å². The molecule has 1 N–H and O–H groups in total. The van der Waals surface area contributed by atoms with E-state index in [9.17, 15) is 18.0 Å². The predicted molar refractivity (Wildman–Crippen MR) is 85.1 cm³/mol. The van der Waals surface area contributed by atoms with Crippen molar-refractivity contribution in [3.05, 3.63) is 29.3 Å². The van der Waals surface area contributed by atoms with Crippen LogP contribution in [0.1, 0.15) is 35.7 Å². The van der Waals surface area contributed by atoms with Gasteiger partial charge in [-0.25, -0.2) is 8.42 Å². The zero-order chi connectivity index (χ0) is 17.4. The molecule has 0 aromatic heterocycles. The van der Waals surface area contributed by atoms with Gasteiger partial charge in [0.15, 0.2) is 9.84 Å². The maximum absolute atomic E-state index is 12.7. The number of carbonyl (C=O) groups is 2. The second-order valence-corrected chi connectivity index (χ2v) is 8.16. The lowest BCUT2D eigenvalue weighted by Crippen LogP contribution is -2.47. The molecular weight excluding hydrogens is 318 g/mol. The van der Waals surface area contributed by atoms with Crippen LogP contribution in [0.25, 0.3) is 0 Å². The SMILES string of the molecule is Cc1ccc(C(=O)N2CC(C(=O)O)CCC2C)cc1S(C)(=O)=O. The second-order valence-electron chi connectivity index (χ2n) is 6.17. The van der Waals surface area contributed by atoms with Gasteiger partial charge in [-0.1, -0.05) is 6.07 Å². The molecular formula is C16H21NO5S. The van der Waals surface area contributed by atoms with Crippen LogP contribution in [-0.4, -0.2) is 49.1 Å². The van der Waals surface area contributed by atoms with Crippen LogP contribution in [0.15, 0.2) is 23.1 Å².